The number of carbonyl (C=O) groups excluding carboxylic acids is 1. The Hall–Kier alpha value is -4.10. The molecule has 8 nitrogen and oxygen atoms in total. The lowest BCUT2D eigenvalue weighted by Crippen LogP contribution is -2.55. The molecule has 6 rings (SSSR count). The molecule has 0 saturated carbocycles. The predicted octanol–water partition coefficient (Wildman–Crippen LogP) is 3.75. The van der Waals surface area contributed by atoms with Crippen molar-refractivity contribution >= 4 is 23.8 Å². The van der Waals surface area contributed by atoms with Gasteiger partial charge in [-0.15, -0.1) is 0 Å². The van der Waals surface area contributed by atoms with Crippen molar-refractivity contribution in [1.29, 1.82) is 0 Å². The van der Waals surface area contributed by atoms with Gasteiger partial charge in [0.25, 0.3) is 5.92 Å². The van der Waals surface area contributed by atoms with Crippen LogP contribution in [0.5, 0.6) is 5.75 Å². The first-order valence-electron chi connectivity index (χ1n) is 12.4. The van der Waals surface area contributed by atoms with Crippen LogP contribution in [0.15, 0.2) is 40.6 Å². The summed E-state index contributed by atoms with van der Waals surface area (Å²) in [6, 6.07) is 1.57. The van der Waals surface area contributed by atoms with E-state index in [0.29, 0.717) is 42.4 Å². The van der Waals surface area contributed by atoms with Crippen LogP contribution in [0.3, 0.4) is 0 Å². The molecule has 14 heteroatoms. The summed E-state index contributed by atoms with van der Waals surface area (Å²) >= 11 is 0. The van der Waals surface area contributed by atoms with E-state index in [9.17, 15) is 31.1 Å². The van der Waals surface area contributed by atoms with E-state index in [1.165, 1.54) is 23.5 Å². The van der Waals surface area contributed by atoms with E-state index >= 15 is 0 Å². The molecule has 4 aliphatic heterocycles. The SMILES string of the molecule is CC(F)(F)CN1Cc2cc(C(F)(F)F)ncc2C2=CNC(=NCc3c(F)ccc4c3CCO4)N3C=NC(C1=O)C23. The summed E-state index contributed by atoms with van der Waals surface area (Å²) in [7, 11) is 0. The van der Waals surface area contributed by atoms with Gasteiger partial charge in [-0.05, 0) is 23.8 Å². The fourth-order valence-electron chi connectivity index (χ4n) is 5.44. The van der Waals surface area contributed by atoms with Crippen molar-refractivity contribution in [1.82, 2.24) is 20.1 Å². The fourth-order valence-corrected chi connectivity index (χ4v) is 5.44. The van der Waals surface area contributed by atoms with Gasteiger partial charge in [-0.3, -0.25) is 19.7 Å². The molecule has 1 amide bonds. The number of guanidine groups is 1. The van der Waals surface area contributed by atoms with Crippen LogP contribution in [-0.4, -0.2) is 64.1 Å². The first-order valence-corrected chi connectivity index (χ1v) is 12.4. The normalized spacial score (nSPS) is 22.7. The molecule has 2 aromatic rings. The second-order valence-electron chi connectivity index (χ2n) is 10.0. The van der Waals surface area contributed by atoms with E-state index in [2.05, 4.69) is 20.3 Å². The highest BCUT2D eigenvalue weighted by Gasteiger charge is 2.47. The Kier molecular flexibility index (Phi) is 6.04. The number of carbonyl (C=O) groups is 1. The fraction of sp³-hybridized carbons (Fsp3) is 0.385. The minimum absolute atomic E-state index is 0.0144. The number of nitrogens with zero attached hydrogens (tertiary/aromatic N) is 5. The third kappa shape index (κ3) is 4.54. The molecule has 0 saturated heterocycles. The first kappa shape index (κ1) is 26.1. The Morgan fingerprint density at radius 2 is 2.02 bits per heavy atom. The molecule has 40 heavy (non-hydrogen) atoms. The highest BCUT2D eigenvalue weighted by atomic mass is 19.4. The number of aromatic nitrogens is 1. The van der Waals surface area contributed by atoms with Gasteiger partial charge in [-0.2, -0.15) is 13.2 Å². The van der Waals surface area contributed by atoms with Gasteiger partial charge in [0.1, 0.15) is 17.3 Å². The largest absolute Gasteiger partial charge is 0.493 e. The summed E-state index contributed by atoms with van der Waals surface area (Å²) in [4.78, 5) is 28.2. The lowest BCUT2D eigenvalue weighted by atomic mass is 9.87. The van der Waals surface area contributed by atoms with Gasteiger partial charge < -0.3 is 15.0 Å². The van der Waals surface area contributed by atoms with Crippen molar-refractivity contribution < 1.29 is 35.9 Å². The Labute approximate surface area is 224 Å². The van der Waals surface area contributed by atoms with Crippen LogP contribution in [0.4, 0.5) is 26.3 Å². The maximum atomic E-state index is 14.7. The molecule has 0 aliphatic carbocycles. The molecule has 1 aromatic heterocycles. The van der Waals surface area contributed by atoms with Gasteiger partial charge in [-0.25, -0.2) is 18.2 Å². The predicted molar refractivity (Wildman–Crippen MR) is 131 cm³/mol. The van der Waals surface area contributed by atoms with E-state index in [0.717, 1.165) is 17.2 Å². The number of amides is 1. The van der Waals surface area contributed by atoms with Crippen molar-refractivity contribution in [3.63, 3.8) is 0 Å². The Bertz CT molecular complexity index is 1480. The molecule has 2 unspecified atom stereocenters. The monoisotopic (exact) mass is 564 g/mol. The molecule has 2 atom stereocenters. The summed E-state index contributed by atoms with van der Waals surface area (Å²) in [5, 5.41) is 2.98. The summed E-state index contributed by atoms with van der Waals surface area (Å²) in [6.45, 7) is -0.509. The van der Waals surface area contributed by atoms with Crippen LogP contribution in [0, 0.1) is 5.82 Å². The van der Waals surface area contributed by atoms with Gasteiger partial charge >= 0.3 is 6.18 Å². The van der Waals surface area contributed by atoms with Gasteiger partial charge in [0, 0.05) is 54.5 Å². The summed E-state index contributed by atoms with van der Waals surface area (Å²) in [6.07, 6.45) is -0.408. The molecule has 4 aliphatic rings. The maximum Gasteiger partial charge on any atom is 0.433 e. The number of pyridine rings is 1. The molecule has 1 aromatic carbocycles. The molecular weight excluding hydrogens is 542 g/mol. The number of halogens is 6. The number of benzene rings is 1. The molecule has 5 heterocycles. The number of alkyl halides is 5. The molecule has 1 N–H and O–H groups in total. The minimum atomic E-state index is -4.77. The molecule has 0 fully saturated rings. The highest BCUT2D eigenvalue weighted by Crippen LogP contribution is 2.39. The number of rotatable bonds is 4. The Morgan fingerprint density at radius 3 is 2.77 bits per heavy atom. The standard InChI is InChI=1S/C26H22F6N6O2/c1-25(28,29)11-37-10-13-6-20(26(30,31)32)33-7-15(13)17-9-35-24(38-12-36-21(22(17)38)23(37)39)34-8-16-14-4-5-40-19(14)3-2-18(16)27/h2-3,6-7,9,12,21-22H,4-5,8,10-11H2,1H3,(H,34,35). The number of hydrogen-bond acceptors (Lipinski definition) is 5. The van der Waals surface area contributed by atoms with Crippen molar-refractivity contribution in [2.75, 3.05) is 13.2 Å². The first-order chi connectivity index (χ1) is 18.9. The summed E-state index contributed by atoms with van der Waals surface area (Å²) in [5.41, 5.74) is 0.528. The van der Waals surface area contributed by atoms with Crippen LogP contribution in [0.25, 0.3) is 5.57 Å². The quantitative estimate of drug-likeness (QED) is 0.573. The van der Waals surface area contributed by atoms with E-state index in [1.54, 1.807) is 6.07 Å². The van der Waals surface area contributed by atoms with Crippen LogP contribution in [0.2, 0.25) is 0 Å². The van der Waals surface area contributed by atoms with Gasteiger partial charge in [0.05, 0.1) is 32.1 Å². The van der Waals surface area contributed by atoms with E-state index in [-0.39, 0.29) is 23.6 Å². The zero-order chi connectivity index (χ0) is 28.4. The van der Waals surface area contributed by atoms with Crippen molar-refractivity contribution in [3.05, 3.63) is 64.4 Å². The van der Waals surface area contributed by atoms with E-state index in [1.807, 2.05) is 0 Å². The van der Waals surface area contributed by atoms with Crippen LogP contribution in [0.1, 0.15) is 34.9 Å². The average Bonchev–Trinajstić information content (AvgIpc) is 3.53. The maximum absolute atomic E-state index is 14.7. The van der Waals surface area contributed by atoms with Gasteiger partial charge in [0.15, 0.2) is 6.04 Å². The Balaban J connectivity index is 1.41. The van der Waals surface area contributed by atoms with Crippen molar-refractivity contribution in [2.45, 2.75) is 50.6 Å². The molecule has 0 radical (unpaired) electrons. The lowest BCUT2D eigenvalue weighted by molar-refractivity contribution is -0.141. The third-order valence-electron chi connectivity index (χ3n) is 7.18. The zero-order valence-corrected chi connectivity index (χ0v) is 21.0. The molecule has 0 bridgehead atoms. The number of hydrogen-bond donors (Lipinski definition) is 1. The topological polar surface area (TPSA) is 82.4 Å². The number of fused-ring (bicyclic) bond motifs is 3. The minimum Gasteiger partial charge on any atom is -0.493 e. The number of ether oxygens (including phenoxy) is 1. The molecular formula is C26H22F6N6O2. The van der Waals surface area contributed by atoms with Crippen LogP contribution in [-0.2, 0) is 30.5 Å². The number of aliphatic imine (C=N–C) groups is 2. The smallest absolute Gasteiger partial charge is 0.433 e. The molecule has 210 valence electrons. The highest BCUT2D eigenvalue weighted by molar-refractivity contribution is 6.03. The van der Waals surface area contributed by atoms with Crippen LogP contribution >= 0.6 is 0 Å². The third-order valence-corrected chi connectivity index (χ3v) is 7.18. The summed E-state index contributed by atoms with van der Waals surface area (Å²) in [5.74, 6) is -3.74. The van der Waals surface area contributed by atoms with Gasteiger partial charge in [-0.1, -0.05) is 0 Å². The van der Waals surface area contributed by atoms with Crippen molar-refractivity contribution in [2.24, 2.45) is 9.98 Å². The van der Waals surface area contributed by atoms with E-state index in [4.69, 9.17) is 4.74 Å². The van der Waals surface area contributed by atoms with Crippen LogP contribution < -0.4 is 10.1 Å². The zero-order valence-electron chi connectivity index (χ0n) is 21.0. The van der Waals surface area contributed by atoms with E-state index < -0.39 is 54.7 Å². The van der Waals surface area contributed by atoms with Gasteiger partial charge in [0.2, 0.25) is 11.9 Å². The molecule has 0 spiro atoms. The second kappa shape index (κ2) is 9.24. The summed E-state index contributed by atoms with van der Waals surface area (Å²) < 4.78 is 88.7. The van der Waals surface area contributed by atoms with Crippen molar-refractivity contribution in [3.8, 4) is 5.75 Å². The number of nitrogens with one attached hydrogen (secondary N) is 1. The Morgan fingerprint density at radius 1 is 1.23 bits per heavy atom. The average molecular weight is 564 g/mol. The lowest BCUT2D eigenvalue weighted by Gasteiger charge is -2.39. The second-order valence-corrected chi connectivity index (χ2v) is 10.0.